The van der Waals surface area contributed by atoms with Gasteiger partial charge in [-0.05, 0) is 4.92 Å². The Hall–Kier alpha value is -0.960. The van der Waals surface area contributed by atoms with Gasteiger partial charge in [-0.1, -0.05) is 6.08 Å². The average molecular weight is 412 g/mol. The van der Waals surface area contributed by atoms with Crippen molar-refractivity contribution in [2.24, 2.45) is 7.05 Å². The van der Waals surface area contributed by atoms with Gasteiger partial charge in [0.05, 0.1) is 13.7 Å². The number of aromatic nitrogens is 2. The second kappa shape index (κ2) is 9.12. The molecular weight excluding hydrogens is 392 g/mol. The molecule has 0 bridgehead atoms. The van der Waals surface area contributed by atoms with Gasteiger partial charge in [-0.15, -0.1) is 23.2 Å². The number of nitro groups is 1. The van der Waals surface area contributed by atoms with E-state index in [9.17, 15) is 14.7 Å². The van der Waals surface area contributed by atoms with Crippen molar-refractivity contribution in [3.05, 3.63) is 28.2 Å². The van der Waals surface area contributed by atoms with Gasteiger partial charge in [0.25, 0.3) is 0 Å². The first-order valence-corrected chi connectivity index (χ1v) is 10.2. The Balaban J connectivity index is 2.02. The molecule has 2 heterocycles. The minimum absolute atomic E-state index is 0.0789. The molecule has 12 heteroatoms. The molecule has 25 heavy (non-hydrogen) atoms. The van der Waals surface area contributed by atoms with Gasteiger partial charge in [0.1, 0.15) is 6.20 Å². The van der Waals surface area contributed by atoms with Crippen molar-refractivity contribution in [1.82, 2.24) is 18.9 Å². The van der Waals surface area contributed by atoms with Crippen LogP contribution in [-0.2, 0) is 16.1 Å². The molecular formula is C13H20Cl2N5O4P. The highest BCUT2D eigenvalue weighted by atomic mass is 35.5. The smallest absolute Gasteiger partial charge is 0.346 e. The van der Waals surface area contributed by atoms with Gasteiger partial charge in [0, 0.05) is 44.0 Å². The van der Waals surface area contributed by atoms with E-state index in [-0.39, 0.29) is 12.4 Å². The summed E-state index contributed by atoms with van der Waals surface area (Å²) in [7, 11) is -1.61. The van der Waals surface area contributed by atoms with Gasteiger partial charge < -0.3 is 14.6 Å². The summed E-state index contributed by atoms with van der Waals surface area (Å²) in [6.07, 6.45) is 4.40. The normalized spacial score (nSPS) is 18.4. The molecule has 1 aliphatic rings. The minimum atomic E-state index is -3.16. The molecule has 0 atom stereocenters. The number of rotatable bonds is 9. The third-order valence-corrected chi connectivity index (χ3v) is 6.86. The monoisotopic (exact) mass is 411 g/mol. The van der Waals surface area contributed by atoms with E-state index in [2.05, 4.69) is 4.98 Å². The van der Waals surface area contributed by atoms with Gasteiger partial charge in [0.2, 0.25) is 5.82 Å². The maximum atomic E-state index is 13.2. The first-order valence-electron chi connectivity index (χ1n) is 7.64. The fourth-order valence-corrected chi connectivity index (χ4v) is 5.53. The van der Waals surface area contributed by atoms with Gasteiger partial charge in [-0.2, -0.15) is 0 Å². The minimum Gasteiger partial charge on any atom is -0.358 e. The summed E-state index contributed by atoms with van der Waals surface area (Å²) in [5, 5.41) is 10.8. The SMILES string of the molecule is Cn1c([N+](=O)[O-])cnc1/C=C/COP1(=O)N(CCCl)CCN1CCCl. The molecule has 0 N–H and O–H groups in total. The summed E-state index contributed by atoms with van der Waals surface area (Å²) in [5.74, 6) is 1.02. The highest BCUT2D eigenvalue weighted by Crippen LogP contribution is 2.57. The van der Waals surface area contributed by atoms with E-state index >= 15 is 0 Å². The lowest BCUT2D eigenvalue weighted by Gasteiger charge is -2.28. The Bertz CT molecular complexity index is 665. The van der Waals surface area contributed by atoms with E-state index in [0.717, 1.165) is 0 Å². The fourth-order valence-electron chi connectivity index (χ4n) is 2.53. The Morgan fingerprint density at radius 1 is 1.36 bits per heavy atom. The zero-order valence-electron chi connectivity index (χ0n) is 13.8. The Morgan fingerprint density at radius 2 is 1.96 bits per heavy atom. The topological polar surface area (TPSA) is 93.7 Å². The molecule has 0 saturated carbocycles. The Kier molecular flexibility index (Phi) is 7.42. The van der Waals surface area contributed by atoms with Gasteiger partial charge in [-0.3, -0.25) is 4.57 Å². The average Bonchev–Trinajstić information content (AvgIpc) is 3.08. The molecule has 1 aromatic heterocycles. The fraction of sp³-hybridized carbons (Fsp3) is 0.615. The van der Waals surface area contributed by atoms with Crippen LogP contribution in [0.4, 0.5) is 5.82 Å². The summed E-state index contributed by atoms with van der Waals surface area (Å²) in [5.41, 5.74) is 0. The Morgan fingerprint density at radius 3 is 2.44 bits per heavy atom. The van der Waals surface area contributed by atoms with Crippen molar-refractivity contribution in [2.45, 2.75) is 0 Å². The molecule has 1 aliphatic heterocycles. The van der Waals surface area contributed by atoms with Crippen LogP contribution in [0.3, 0.4) is 0 Å². The lowest BCUT2D eigenvalue weighted by atomic mass is 10.5. The van der Waals surface area contributed by atoms with E-state index in [1.165, 1.54) is 10.8 Å². The van der Waals surface area contributed by atoms with Gasteiger partial charge in [0.15, 0.2) is 0 Å². The molecule has 1 saturated heterocycles. The van der Waals surface area contributed by atoms with Crippen LogP contribution in [0.2, 0.25) is 0 Å². The zero-order chi connectivity index (χ0) is 18.4. The lowest BCUT2D eigenvalue weighted by Crippen LogP contribution is -2.24. The summed E-state index contributed by atoms with van der Waals surface area (Å²) in [4.78, 5) is 14.3. The molecule has 2 rings (SSSR count). The first-order chi connectivity index (χ1) is 11.9. The summed E-state index contributed by atoms with van der Waals surface area (Å²) >= 11 is 11.6. The van der Waals surface area contributed by atoms with Gasteiger partial charge in [-0.25, -0.2) is 18.9 Å². The largest absolute Gasteiger partial charge is 0.358 e. The molecule has 0 spiro atoms. The second-order valence-electron chi connectivity index (χ2n) is 5.26. The highest BCUT2D eigenvalue weighted by molar-refractivity contribution is 7.54. The molecule has 1 fully saturated rings. The number of imidazole rings is 1. The van der Waals surface area contributed by atoms with Crippen LogP contribution in [0.25, 0.3) is 6.08 Å². The van der Waals surface area contributed by atoms with E-state index in [0.29, 0.717) is 43.8 Å². The predicted octanol–water partition coefficient (Wildman–Crippen LogP) is 2.56. The number of hydrogen-bond acceptors (Lipinski definition) is 5. The lowest BCUT2D eigenvalue weighted by molar-refractivity contribution is -0.391. The molecule has 9 nitrogen and oxygen atoms in total. The van der Waals surface area contributed by atoms with Crippen molar-refractivity contribution < 1.29 is 14.0 Å². The summed E-state index contributed by atoms with van der Waals surface area (Å²) in [6.45, 7) is 2.22. The van der Waals surface area contributed by atoms with E-state index in [1.54, 1.807) is 28.5 Å². The maximum Gasteiger partial charge on any atom is 0.346 e. The van der Waals surface area contributed by atoms with Crippen LogP contribution in [0.1, 0.15) is 5.82 Å². The van der Waals surface area contributed by atoms with Crippen LogP contribution >= 0.6 is 30.9 Å². The molecule has 140 valence electrons. The predicted molar refractivity (Wildman–Crippen MR) is 97.0 cm³/mol. The van der Waals surface area contributed by atoms with Crippen molar-refractivity contribution in [3.63, 3.8) is 0 Å². The second-order valence-corrected chi connectivity index (χ2v) is 8.39. The number of halogens is 2. The van der Waals surface area contributed by atoms with Crippen LogP contribution in [0, 0.1) is 10.1 Å². The number of hydrogen-bond donors (Lipinski definition) is 0. The quantitative estimate of drug-likeness (QED) is 0.266. The van der Waals surface area contributed by atoms with Crippen LogP contribution in [-0.4, -0.2) is 68.4 Å². The molecule has 0 amide bonds. The van der Waals surface area contributed by atoms with Crippen molar-refractivity contribution in [3.8, 4) is 0 Å². The van der Waals surface area contributed by atoms with E-state index in [4.69, 9.17) is 27.7 Å². The highest BCUT2D eigenvalue weighted by Gasteiger charge is 2.43. The number of alkyl halides is 2. The van der Waals surface area contributed by atoms with Crippen molar-refractivity contribution in [2.75, 3.05) is 44.5 Å². The molecule has 0 radical (unpaired) electrons. The third kappa shape index (κ3) is 4.61. The van der Waals surface area contributed by atoms with Crippen LogP contribution in [0.5, 0.6) is 0 Å². The summed E-state index contributed by atoms with van der Waals surface area (Å²) in [6, 6.07) is 0. The van der Waals surface area contributed by atoms with Crippen LogP contribution < -0.4 is 0 Å². The van der Waals surface area contributed by atoms with Crippen molar-refractivity contribution in [1.29, 1.82) is 0 Å². The standard InChI is InChI=1S/C13H20Cl2N5O4P/c1-17-12(16-11-13(17)20(21)22)3-2-10-24-25(23)18(6-4-14)8-9-19(25)7-5-15/h2-3,11H,4-10H2,1H3/b3-2+. The van der Waals surface area contributed by atoms with E-state index < -0.39 is 12.6 Å². The van der Waals surface area contributed by atoms with Crippen LogP contribution in [0.15, 0.2) is 12.3 Å². The first kappa shape index (κ1) is 20.4. The molecule has 0 unspecified atom stereocenters. The van der Waals surface area contributed by atoms with Gasteiger partial charge >= 0.3 is 13.5 Å². The van der Waals surface area contributed by atoms with E-state index in [1.807, 2.05) is 0 Å². The molecule has 0 aliphatic carbocycles. The molecule has 0 aromatic carbocycles. The zero-order valence-corrected chi connectivity index (χ0v) is 16.2. The molecule has 1 aromatic rings. The van der Waals surface area contributed by atoms with Crippen molar-refractivity contribution >= 4 is 42.8 Å². The maximum absolute atomic E-state index is 13.2. The number of nitrogens with zero attached hydrogens (tertiary/aromatic N) is 5. The summed E-state index contributed by atoms with van der Waals surface area (Å²) < 4.78 is 23.7. The Labute approximate surface area is 155 Å². The third-order valence-electron chi connectivity index (χ3n) is 3.81.